The molecule has 1 rings (SSSR count). The van der Waals surface area contributed by atoms with Crippen LogP contribution in [0, 0.1) is 0 Å². The summed E-state index contributed by atoms with van der Waals surface area (Å²) in [5, 5.41) is 1.31. The second kappa shape index (κ2) is 7.07. The minimum absolute atomic E-state index is 0.524. The van der Waals surface area contributed by atoms with Gasteiger partial charge in [-0.1, -0.05) is 49.5 Å². The molecule has 78 valence electrons. The molecular weight excluding hydrogens is 216 g/mol. The topological polar surface area (TPSA) is 25.8 Å². The Hall–Kier alpha value is -0.280. The van der Waals surface area contributed by atoms with Crippen LogP contribution < -0.4 is 0 Å². The monoisotopic (exact) mass is 230 g/mol. The standard InChI is InChI=1S/C10H15ClN2S/c1-2-3-4-5-8-14-10-12-7-6-9(11)13-10/h6-7H,2-5,8H2,1H3. The van der Waals surface area contributed by atoms with Crippen molar-refractivity contribution < 1.29 is 0 Å². The third kappa shape index (κ3) is 4.82. The molecule has 1 heterocycles. The normalized spacial score (nSPS) is 10.4. The molecule has 0 spiro atoms. The molecule has 0 atom stereocenters. The van der Waals surface area contributed by atoms with Crippen molar-refractivity contribution in [3.63, 3.8) is 0 Å². The van der Waals surface area contributed by atoms with Crippen LogP contribution >= 0.6 is 23.4 Å². The third-order valence-electron chi connectivity index (χ3n) is 1.83. The first-order valence-electron chi connectivity index (χ1n) is 4.94. The fourth-order valence-corrected chi connectivity index (χ4v) is 2.10. The molecule has 0 saturated heterocycles. The van der Waals surface area contributed by atoms with Crippen molar-refractivity contribution in [1.82, 2.24) is 9.97 Å². The van der Waals surface area contributed by atoms with Gasteiger partial charge in [-0.25, -0.2) is 9.97 Å². The van der Waals surface area contributed by atoms with E-state index in [1.54, 1.807) is 24.0 Å². The van der Waals surface area contributed by atoms with E-state index in [4.69, 9.17) is 11.6 Å². The smallest absolute Gasteiger partial charge is 0.188 e. The van der Waals surface area contributed by atoms with Crippen LogP contribution in [-0.4, -0.2) is 15.7 Å². The maximum absolute atomic E-state index is 5.74. The lowest BCUT2D eigenvalue weighted by Crippen LogP contribution is -1.87. The van der Waals surface area contributed by atoms with Crippen molar-refractivity contribution in [1.29, 1.82) is 0 Å². The summed E-state index contributed by atoms with van der Waals surface area (Å²) in [4.78, 5) is 8.23. The second-order valence-corrected chi connectivity index (χ2v) is 4.52. The van der Waals surface area contributed by atoms with E-state index in [9.17, 15) is 0 Å². The zero-order valence-electron chi connectivity index (χ0n) is 8.37. The minimum Gasteiger partial charge on any atom is -0.231 e. The quantitative estimate of drug-likeness (QED) is 0.322. The van der Waals surface area contributed by atoms with Crippen molar-refractivity contribution in [3.05, 3.63) is 17.4 Å². The summed E-state index contributed by atoms with van der Waals surface area (Å²) < 4.78 is 0. The number of halogens is 1. The first kappa shape index (κ1) is 11.8. The van der Waals surface area contributed by atoms with E-state index in [1.807, 2.05) is 0 Å². The van der Waals surface area contributed by atoms with Crippen LogP contribution in [0.5, 0.6) is 0 Å². The molecule has 0 radical (unpaired) electrons. The largest absolute Gasteiger partial charge is 0.231 e. The van der Waals surface area contributed by atoms with Crippen LogP contribution in [0.1, 0.15) is 32.6 Å². The molecule has 0 aliphatic rings. The van der Waals surface area contributed by atoms with Gasteiger partial charge < -0.3 is 0 Å². The Morgan fingerprint density at radius 2 is 2.21 bits per heavy atom. The Kier molecular flexibility index (Phi) is 5.96. The summed E-state index contributed by atoms with van der Waals surface area (Å²) in [5.74, 6) is 1.08. The van der Waals surface area contributed by atoms with Crippen LogP contribution in [-0.2, 0) is 0 Å². The van der Waals surface area contributed by atoms with Gasteiger partial charge in [0.05, 0.1) is 0 Å². The summed E-state index contributed by atoms with van der Waals surface area (Å²) in [6.45, 7) is 2.22. The van der Waals surface area contributed by atoms with Crippen molar-refractivity contribution in [2.75, 3.05) is 5.75 Å². The maximum atomic E-state index is 5.74. The molecule has 0 aliphatic carbocycles. The van der Waals surface area contributed by atoms with Gasteiger partial charge in [0, 0.05) is 11.9 Å². The molecule has 0 aliphatic heterocycles. The first-order valence-corrected chi connectivity index (χ1v) is 6.30. The molecule has 0 saturated carbocycles. The van der Waals surface area contributed by atoms with Crippen LogP contribution in [0.2, 0.25) is 5.15 Å². The van der Waals surface area contributed by atoms with Crippen LogP contribution in [0.25, 0.3) is 0 Å². The lowest BCUT2D eigenvalue weighted by molar-refractivity contribution is 0.706. The molecule has 2 nitrogen and oxygen atoms in total. The molecule has 0 amide bonds. The van der Waals surface area contributed by atoms with Gasteiger partial charge in [-0.05, 0) is 12.5 Å². The molecule has 0 N–H and O–H groups in total. The molecule has 1 aromatic rings. The number of hydrogen-bond donors (Lipinski definition) is 0. The Bertz CT molecular complexity index is 268. The average molecular weight is 231 g/mol. The fraction of sp³-hybridized carbons (Fsp3) is 0.600. The van der Waals surface area contributed by atoms with Gasteiger partial charge in [0.15, 0.2) is 5.16 Å². The number of thioether (sulfide) groups is 1. The Labute approximate surface area is 94.5 Å². The highest BCUT2D eigenvalue weighted by atomic mass is 35.5. The van der Waals surface area contributed by atoms with Gasteiger partial charge in [0.1, 0.15) is 5.15 Å². The second-order valence-electron chi connectivity index (χ2n) is 3.07. The van der Waals surface area contributed by atoms with Gasteiger partial charge in [-0.15, -0.1) is 0 Å². The summed E-state index contributed by atoms with van der Waals surface area (Å²) in [6, 6.07) is 1.70. The molecule has 14 heavy (non-hydrogen) atoms. The van der Waals surface area contributed by atoms with Gasteiger partial charge in [0.2, 0.25) is 0 Å². The van der Waals surface area contributed by atoms with Crippen LogP contribution in [0.3, 0.4) is 0 Å². The Morgan fingerprint density at radius 3 is 2.93 bits per heavy atom. The number of unbranched alkanes of at least 4 members (excludes halogenated alkanes) is 3. The van der Waals surface area contributed by atoms with Gasteiger partial charge in [-0.2, -0.15) is 0 Å². The Morgan fingerprint density at radius 1 is 1.36 bits per heavy atom. The molecular formula is C10H15ClN2S. The zero-order chi connectivity index (χ0) is 10.2. The molecule has 0 bridgehead atoms. The van der Waals surface area contributed by atoms with E-state index in [1.165, 1.54) is 25.7 Å². The molecule has 4 heteroatoms. The number of rotatable bonds is 6. The predicted molar refractivity (Wildman–Crippen MR) is 61.9 cm³/mol. The van der Waals surface area contributed by atoms with Crippen molar-refractivity contribution in [3.8, 4) is 0 Å². The van der Waals surface area contributed by atoms with Gasteiger partial charge >= 0.3 is 0 Å². The highest BCUT2D eigenvalue weighted by Crippen LogP contribution is 2.16. The van der Waals surface area contributed by atoms with Crippen LogP contribution in [0.4, 0.5) is 0 Å². The van der Waals surface area contributed by atoms with Gasteiger partial charge in [-0.3, -0.25) is 0 Å². The maximum Gasteiger partial charge on any atom is 0.188 e. The highest BCUT2D eigenvalue weighted by molar-refractivity contribution is 7.99. The van der Waals surface area contributed by atoms with E-state index in [-0.39, 0.29) is 0 Å². The Balaban J connectivity index is 2.18. The number of nitrogens with zero attached hydrogens (tertiary/aromatic N) is 2. The highest BCUT2D eigenvalue weighted by Gasteiger charge is 1.97. The summed E-state index contributed by atoms with van der Waals surface area (Å²) in [5.41, 5.74) is 0. The zero-order valence-corrected chi connectivity index (χ0v) is 9.94. The lowest BCUT2D eigenvalue weighted by Gasteiger charge is -1.99. The van der Waals surface area contributed by atoms with E-state index in [2.05, 4.69) is 16.9 Å². The van der Waals surface area contributed by atoms with Gasteiger partial charge in [0.25, 0.3) is 0 Å². The van der Waals surface area contributed by atoms with E-state index in [0.29, 0.717) is 5.15 Å². The predicted octanol–water partition coefficient (Wildman–Crippen LogP) is 3.80. The molecule has 1 aromatic heterocycles. The summed E-state index contributed by atoms with van der Waals surface area (Å²) >= 11 is 7.42. The van der Waals surface area contributed by atoms with E-state index in [0.717, 1.165) is 10.9 Å². The minimum atomic E-state index is 0.524. The van der Waals surface area contributed by atoms with Crippen LogP contribution in [0.15, 0.2) is 17.4 Å². The summed E-state index contributed by atoms with van der Waals surface area (Å²) in [6.07, 6.45) is 6.82. The summed E-state index contributed by atoms with van der Waals surface area (Å²) in [7, 11) is 0. The average Bonchev–Trinajstić information content (AvgIpc) is 2.18. The number of hydrogen-bond acceptors (Lipinski definition) is 3. The first-order chi connectivity index (χ1) is 6.83. The molecule has 0 unspecified atom stereocenters. The third-order valence-corrected chi connectivity index (χ3v) is 2.99. The van der Waals surface area contributed by atoms with Crippen molar-refractivity contribution in [2.24, 2.45) is 0 Å². The lowest BCUT2D eigenvalue weighted by atomic mass is 10.2. The fourth-order valence-electron chi connectivity index (χ4n) is 1.08. The molecule has 0 fully saturated rings. The van der Waals surface area contributed by atoms with E-state index >= 15 is 0 Å². The van der Waals surface area contributed by atoms with Crippen molar-refractivity contribution in [2.45, 2.75) is 37.8 Å². The molecule has 0 aromatic carbocycles. The number of aromatic nitrogens is 2. The van der Waals surface area contributed by atoms with Crippen molar-refractivity contribution >= 4 is 23.4 Å². The SMILES string of the molecule is CCCCCCSc1nccc(Cl)n1. The van der Waals surface area contributed by atoms with E-state index < -0.39 is 0 Å².